The fourth-order valence-electron chi connectivity index (χ4n) is 1.51. The van der Waals surface area contributed by atoms with E-state index in [1.54, 1.807) is 11.3 Å². The summed E-state index contributed by atoms with van der Waals surface area (Å²) < 4.78 is 0. The number of carbonyl (C=O) groups excluding carboxylic acids is 1. The van der Waals surface area contributed by atoms with E-state index in [1.165, 1.54) is 4.88 Å². The number of thiophene rings is 1. The minimum Gasteiger partial charge on any atom is -0.409 e. The molecule has 0 aliphatic heterocycles. The van der Waals surface area contributed by atoms with Crippen molar-refractivity contribution in [1.82, 2.24) is 5.32 Å². The van der Waals surface area contributed by atoms with Crippen molar-refractivity contribution in [2.24, 2.45) is 10.9 Å². The second-order valence-corrected chi connectivity index (χ2v) is 5.01. The maximum absolute atomic E-state index is 11.5. The number of hydrogen-bond donors (Lipinski definition) is 3. The first-order valence-corrected chi connectivity index (χ1v) is 6.86. The SMILES string of the molecule is NC(CCCNC(=O)CCCc1cccs1)=NO. The predicted molar refractivity (Wildman–Crippen MR) is 72.9 cm³/mol. The number of rotatable bonds is 8. The van der Waals surface area contributed by atoms with Crippen molar-refractivity contribution in [3.8, 4) is 0 Å². The van der Waals surface area contributed by atoms with E-state index in [0.717, 1.165) is 12.8 Å². The van der Waals surface area contributed by atoms with Gasteiger partial charge >= 0.3 is 0 Å². The summed E-state index contributed by atoms with van der Waals surface area (Å²) in [4.78, 5) is 12.8. The number of hydrogen-bond acceptors (Lipinski definition) is 4. The van der Waals surface area contributed by atoms with Crippen LogP contribution in [0.3, 0.4) is 0 Å². The van der Waals surface area contributed by atoms with Gasteiger partial charge in [-0.15, -0.1) is 11.3 Å². The molecule has 1 amide bonds. The number of oxime groups is 1. The van der Waals surface area contributed by atoms with Gasteiger partial charge in [-0.05, 0) is 30.7 Å². The zero-order chi connectivity index (χ0) is 13.2. The minimum absolute atomic E-state index is 0.0612. The highest BCUT2D eigenvalue weighted by Crippen LogP contribution is 2.11. The van der Waals surface area contributed by atoms with E-state index in [-0.39, 0.29) is 11.7 Å². The van der Waals surface area contributed by atoms with Crippen molar-refractivity contribution in [2.75, 3.05) is 6.54 Å². The lowest BCUT2D eigenvalue weighted by Crippen LogP contribution is -2.25. The highest BCUT2D eigenvalue weighted by atomic mass is 32.1. The number of nitrogens with zero attached hydrogens (tertiary/aromatic N) is 1. The monoisotopic (exact) mass is 269 g/mol. The summed E-state index contributed by atoms with van der Waals surface area (Å²) in [6.07, 6.45) is 3.54. The summed E-state index contributed by atoms with van der Waals surface area (Å²) in [5.41, 5.74) is 5.31. The maximum Gasteiger partial charge on any atom is 0.220 e. The Morgan fingerprint density at radius 2 is 2.28 bits per heavy atom. The topological polar surface area (TPSA) is 87.7 Å². The van der Waals surface area contributed by atoms with Gasteiger partial charge in [0.05, 0.1) is 0 Å². The Morgan fingerprint density at radius 3 is 2.94 bits per heavy atom. The molecule has 0 saturated carbocycles. The summed E-state index contributed by atoms with van der Waals surface area (Å²) in [5.74, 6) is 0.257. The Balaban J connectivity index is 2.00. The summed E-state index contributed by atoms with van der Waals surface area (Å²) in [5, 5.41) is 16.1. The molecule has 0 atom stereocenters. The van der Waals surface area contributed by atoms with E-state index in [9.17, 15) is 4.79 Å². The number of amides is 1. The van der Waals surface area contributed by atoms with Gasteiger partial charge in [-0.1, -0.05) is 11.2 Å². The first-order valence-electron chi connectivity index (χ1n) is 5.98. The summed E-state index contributed by atoms with van der Waals surface area (Å²) in [6, 6.07) is 4.10. The normalized spacial score (nSPS) is 11.4. The third-order valence-corrected chi connectivity index (χ3v) is 3.40. The smallest absolute Gasteiger partial charge is 0.220 e. The predicted octanol–water partition coefficient (Wildman–Crippen LogP) is 1.71. The van der Waals surface area contributed by atoms with Gasteiger partial charge in [-0.25, -0.2) is 0 Å². The van der Waals surface area contributed by atoms with Crippen molar-refractivity contribution in [3.05, 3.63) is 22.4 Å². The van der Waals surface area contributed by atoms with E-state index in [2.05, 4.69) is 16.5 Å². The van der Waals surface area contributed by atoms with Gasteiger partial charge in [0.15, 0.2) is 0 Å². The fraction of sp³-hybridized carbons (Fsp3) is 0.500. The molecule has 18 heavy (non-hydrogen) atoms. The second-order valence-electron chi connectivity index (χ2n) is 3.98. The van der Waals surface area contributed by atoms with Gasteiger partial charge in [0.2, 0.25) is 5.91 Å². The van der Waals surface area contributed by atoms with Crippen LogP contribution < -0.4 is 11.1 Å². The number of carbonyl (C=O) groups is 1. The zero-order valence-electron chi connectivity index (χ0n) is 10.3. The van der Waals surface area contributed by atoms with Crippen LogP contribution in [0.4, 0.5) is 0 Å². The summed E-state index contributed by atoms with van der Waals surface area (Å²) >= 11 is 1.72. The van der Waals surface area contributed by atoms with Crippen LogP contribution in [0.25, 0.3) is 0 Å². The molecular weight excluding hydrogens is 250 g/mol. The molecule has 0 aliphatic carbocycles. The minimum atomic E-state index is 0.0612. The van der Waals surface area contributed by atoms with Gasteiger partial charge in [0, 0.05) is 24.3 Å². The molecule has 0 bridgehead atoms. The van der Waals surface area contributed by atoms with Crippen molar-refractivity contribution in [3.63, 3.8) is 0 Å². The Kier molecular flexibility index (Phi) is 6.86. The lowest BCUT2D eigenvalue weighted by molar-refractivity contribution is -0.121. The van der Waals surface area contributed by atoms with E-state index < -0.39 is 0 Å². The number of aryl methyl sites for hydroxylation is 1. The quantitative estimate of drug-likeness (QED) is 0.221. The molecule has 0 unspecified atom stereocenters. The van der Waals surface area contributed by atoms with Gasteiger partial charge in [0.1, 0.15) is 5.84 Å². The molecule has 0 radical (unpaired) electrons. The molecule has 1 heterocycles. The molecule has 1 aromatic heterocycles. The van der Waals surface area contributed by atoms with E-state index in [4.69, 9.17) is 10.9 Å². The van der Waals surface area contributed by atoms with Gasteiger partial charge < -0.3 is 16.3 Å². The molecule has 0 aliphatic rings. The van der Waals surface area contributed by atoms with Crippen LogP contribution >= 0.6 is 11.3 Å². The standard InChI is InChI=1S/C12H19N3O2S/c13-11(15-17)6-2-8-14-12(16)7-1-4-10-5-3-9-18-10/h3,5,9,17H,1-2,4,6-8H2,(H2,13,15)(H,14,16). The number of nitrogens with one attached hydrogen (secondary N) is 1. The van der Waals surface area contributed by atoms with Crippen LogP contribution in [0.2, 0.25) is 0 Å². The van der Waals surface area contributed by atoms with Crippen LogP contribution in [0.15, 0.2) is 22.7 Å². The van der Waals surface area contributed by atoms with Gasteiger partial charge in [-0.2, -0.15) is 0 Å². The van der Waals surface area contributed by atoms with E-state index in [0.29, 0.717) is 25.8 Å². The molecule has 1 rings (SSSR count). The van der Waals surface area contributed by atoms with Crippen LogP contribution in [0, 0.1) is 0 Å². The van der Waals surface area contributed by atoms with Gasteiger partial charge in [0.25, 0.3) is 0 Å². The van der Waals surface area contributed by atoms with Crippen molar-refractivity contribution >= 4 is 23.1 Å². The molecular formula is C12H19N3O2S. The highest BCUT2D eigenvalue weighted by molar-refractivity contribution is 7.09. The summed E-state index contributed by atoms with van der Waals surface area (Å²) in [7, 11) is 0. The molecule has 1 aromatic rings. The molecule has 5 nitrogen and oxygen atoms in total. The first kappa shape index (κ1) is 14.5. The summed E-state index contributed by atoms with van der Waals surface area (Å²) in [6.45, 7) is 0.564. The molecule has 4 N–H and O–H groups in total. The van der Waals surface area contributed by atoms with E-state index >= 15 is 0 Å². The second kappa shape index (κ2) is 8.52. The molecule has 6 heteroatoms. The Bertz CT molecular complexity index is 377. The first-order chi connectivity index (χ1) is 8.72. The lowest BCUT2D eigenvalue weighted by Gasteiger charge is -2.04. The Hall–Kier alpha value is -1.56. The Labute approximate surface area is 111 Å². The van der Waals surface area contributed by atoms with Crippen LogP contribution in [0.5, 0.6) is 0 Å². The Morgan fingerprint density at radius 1 is 1.44 bits per heavy atom. The largest absolute Gasteiger partial charge is 0.409 e. The zero-order valence-corrected chi connectivity index (χ0v) is 11.1. The number of amidine groups is 1. The van der Waals surface area contributed by atoms with Crippen LogP contribution in [0.1, 0.15) is 30.6 Å². The third kappa shape index (κ3) is 6.24. The van der Waals surface area contributed by atoms with Crippen molar-refractivity contribution in [1.29, 1.82) is 0 Å². The van der Waals surface area contributed by atoms with Crippen LogP contribution in [-0.4, -0.2) is 23.5 Å². The number of nitrogens with two attached hydrogens (primary N) is 1. The van der Waals surface area contributed by atoms with Gasteiger partial charge in [-0.3, -0.25) is 4.79 Å². The van der Waals surface area contributed by atoms with Crippen LogP contribution in [-0.2, 0) is 11.2 Å². The molecule has 0 fully saturated rings. The van der Waals surface area contributed by atoms with E-state index in [1.807, 2.05) is 11.4 Å². The van der Waals surface area contributed by atoms with Crippen molar-refractivity contribution in [2.45, 2.75) is 32.1 Å². The van der Waals surface area contributed by atoms with Crippen molar-refractivity contribution < 1.29 is 10.0 Å². The highest BCUT2D eigenvalue weighted by Gasteiger charge is 2.02. The lowest BCUT2D eigenvalue weighted by atomic mass is 10.2. The molecule has 100 valence electrons. The molecule has 0 saturated heterocycles. The average Bonchev–Trinajstić information content (AvgIpc) is 2.87. The maximum atomic E-state index is 11.5. The molecule has 0 spiro atoms. The fourth-order valence-corrected chi connectivity index (χ4v) is 2.26. The average molecular weight is 269 g/mol. The third-order valence-electron chi connectivity index (χ3n) is 2.47. The molecule has 0 aromatic carbocycles.